The lowest BCUT2D eigenvalue weighted by Gasteiger charge is -2.13. The molecule has 12 nitrogen and oxygen atoms in total. The Morgan fingerprint density at radius 1 is 1.24 bits per heavy atom. The summed E-state index contributed by atoms with van der Waals surface area (Å²) in [6.45, 7) is -0.133. The second-order valence-corrected chi connectivity index (χ2v) is 8.11. The van der Waals surface area contributed by atoms with E-state index in [0.717, 1.165) is 10.8 Å². The first-order valence-corrected chi connectivity index (χ1v) is 11.1. The molecule has 0 bridgehead atoms. The molecule has 0 fully saturated rings. The maximum absolute atomic E-state index is 13.2. The van der Waals surface area contributed by atoms with Crippen LogP contribution in [0.3, 0.4) is 0 Å². The summed E-state index contributed by atoms with van der Waals surface area (Å²) in [5.74, 6) is 0.359. The molecule has 0 saturated carbocycles. The third-order valence-electron chi connectivity index (χ3n) is 5.16. The number of hydrogen-bond acceptors (Lipinski definition) is 10. The van der Waals surface area contributed by atoms with Crippen molar-refractivity contribution in [3.05, 3.63) is 63.7 Å². The minimum Gasteiger partial charge on any atom is -0.474 e. The van der Waals surface area contributed by atoms with Crippen molar-refractivity contribution >= 4 is 40.2 Å². The van der Waals surface area contributed by atoms with Crippen molar-refractivity contribution < 1.29 is 27.8 Å². The van der Waals surface area contributed by atoms with Crippen LogP contribution >= 0.6 is 11.6 Å². The Morgan fingerprint density at radius 3 is 2.63 bits per heavy atom. The third kappa shape index (κ3) is 5.33. The van der Waals surface area contributed by atoms with E-state index in [2.05, 4.69) is 25.3 Å². The number of fused-ring (bicyclic) bond motifs is 1. The number of ether oxygens (including phenoxy) is 2. The molecule has 0 aliphatic heterocycles. The van der Waals surface area contributed by atoms with Crippen molar-refractivity contribution in [2.75, 3.05) is 18.5 Å². The van der Waals surface area contributed by atoms with Crippen LogP contribution in [0.1, 0.15) is 11.3 Å². The Labute approximate surface area is 217 Å². The van der Waals surface area contributed by atoms with E-state index in [1.165, 1.54) is 37.3 Å². The standard InChI is InChI=1S/C22H20ClF3N8O4/c1-33-10-11(22(24,25)26)5-12(20(33)36)31-21-32-19-18(34(21)2)17(23)15(8-30-19)38-14(6-27)13-7-29-16(9-28-13)37-4-3-35/h5-10,35H,3-4,27H2,1-2H3,(H,30,31,32). The maximum Gasteiger partial charge on any atom is 0.417 e. The van der Waals surface area contributed by atoms with Crippen LogP contribution in [0.4, 0.5) is 24.8 Å². The number of aryl methyl sites for hydroxylation is 2. The quantitative estimate of drug-likeness (QED) is 0.278. The number of aliphatic hydroxyl groups excluding tert-OH is 1. The predicted molar refractivity (Wildman–Crippen MR) is 131 cm³/mol. The summed E-state index contributed by atoms with van der Waals surface area (Å²) in [6, 6.07) is 0.699. The number of aliphatic hydroxyl groups is 1. The van der Waals surface area contributed by atoms with Crippen molar-refractivity contribution in [3.8, 4) is 11.6 Å². The molecule has 4 aromatic rings. The van der Waals surface area contributed by atoms with E-state index >= 15 is 0 Å². The molecule has 0 spiro atoms. The summed E-state index contributed by atoms with van der Waals surface area (Å²) in [4.78, 5) is 29.1. The van der Waals surface area contributed by atoms with Crippen molar-refractivity contribution in [1.29, 1.82) is 0 Å². The minimum atomic E-state index is -4.66. The number of nitrogens with two attached hydrogens (primary N) is 1. The van der Waals surface area contributed by atoms with Crippen LogP contribution in [-0.2, 0) is 20.3 Å². The normalized spacial score (nSPS) is 12.1. The Hall–Kier alpha value is -4.37. The molecular formula is C22H20ClF3N8O4. The van der Waals surface area contributed by atoms with E-state index in [1.807, 2.05) is 0 Å². The molecule has 4 N–H and O–H groups in total. The second kappa shape index (κ2) is 10.5. The molecule has 4 heterocycles. The molecule has 0 aromatic carbocycles. The molecule has 0 atom stereocenters. The lowest BCUT2D eigenvalue weighted by Crippen LogP contribution is -2.23. The number of halogens is 4. The van der Waals surface area contributed by atoms with Crippen LogP contribution in [0.25, 0.3) is 16.9 Å². The van der Waals surface area contributed by atoms with Gasteiger partial charge in [0.25, 0.3) is 5.56 Å². The predicted octanol–water partition coefficient (Wildman–Crippen LogP) is 2.58. The molecule has 200 valence electrons. The number of anilines is 2. The van der Waals surface area contributed by atoms with E-state index in [1.54, 1.807) is 0 Å². The van der Waals surface area contributed by atoms with Gasteiger partial charge >= 0.3 is 6.18 Å². The van der Waals surface area contributed by atoms with E-state index < -0.39 is 17.3 Å². The Morgan fingerprint density at radius 2 is 2.00 bits per heavy atom. The average Bonchev–Trinajstić information content (AvgIpc) is 3.20. The molecule has 0 aliphatic rings. The van der Waals surface area contributed by atoms with Crippen molar-refractivity contribution in [2.24, 2.45) is 19.8 Å². The number of alkyl halides is 3. The molecule has 4 aromatic heterocycles. The van der Waals surface area contributed by atoms with Gasteiger partial charge in [-0.3, -0.25) is 4.79 Å². The smallest absolute Gasteiger partial charge is 0.417 e. The summed E-state index contributed by atoms with van der Waals surface area (Å²) >= 11 is 6.56. The SMILES string of the molecule is Cn1cc(C(F)(F)F)cc(Nc2nc3ncc(OC(=CN)c4cnc(OCCO)cn4)c(Cl)c3n2C)c1=O. The Bertz CT molecular complexity index is 1570. The van der Waals surface area contributed by atoms with Gasteiger partial charge in [-0.15, -0.1) is 0 Å². The zero-order chi connectivity index (χ0) is 27.6. The van der Waals surface area contributed by atoms with Crippen molar-refractivity contribution in [1.82, 2.24) is 29.1 Å². The van der Waals surface area contributed by atoms with E-state index in [4.69, 9.17) is 31.9 Å². The zero-order valence-electron chi connectivity index (χ0n) is 19.8. The highest BCUT2D eigenvalue weighted by Gasteiger charge is 2.32. The van der Waals surface area contributed by atoms with Gasteiger partial charge in [-0.25, -0.2) is 15.0 Å². The number of pyridine rings is 2. The van der Waals surface area contributed by atoms with Gasteiger partial charge < -0.3 is 34.8 Å². The maximum atomic E-state index is 13.2. The van der Waals surface area contributed by atoms with Crippen molar-refractivity contribution in [2.45, 2.75) is 6.18 Å². The number of nitrogens with one attached hydrogen (secondary N) is 1. The topological polar surface area (TPSA) is 155 Å². The van der Waals surface area contributed by atoms with Gasteiger partial charge in [0, 0.05) is 26.5 Å². The molecular weight excluding hydrogens is 533 g/mol. The number of rotatable bonds is 8. The third-order valence-corrected chi connectivity index (χ3v) is 5.52. The van der Waals surface area contributed by atoms with Crippen LogP contribution < -0.4 is 26.1 Å². The van der Waals surface area contributed by atoms with Gasteiger partial charge in [0.1, 0.15) is 28.5 Å². The summed E-state index contributed by atoms with van der Waals surface area (Å²) in [7, 11) is 2.74. The highest BCUT2D eigenvalue weighted by Crippen LogP contribution is 2.35. The van der Waals surface area contributed by atoms with Crippen LogP contribution in [0.2, 0.25) is 5.02 Å². The first-order chi connectivity index (χ1) is 18.0. The molecule has 0 saturated heterocycles. The fraction of sp³-hybridized carbons (Fsp3) is 0.227. The lowest BCUT2D eigenvalue weighted by molar-refractivity contribution is -0.138. The van der Waals surface area contributed by atoms with Gasteiger partial charge in [-0.05, 0) is 6.07 Å². The van der Waals surface area contributed by atoms with Crippen LogP contribution in [0.5, 0.6) is 11.6 Å². The van der Waals surface area contributed by atoms with Crippen molar-refractivity contribution in [3.63, 3.8) is 0 Å². The van der Waals surface area contributed by atoms with Gasteiger partial charge in [-0.1, -0.05) is 11.6 Å². The monoisotopic (exact) mass is 552 g/mol. The number of hydrogen-bond donors (Lipinski definition) is 3. The number of aromatic nitrogens is 6. The highest BCUT2D eigenvalue weighted by molar-refractivity contribution is 6.36. The van der Waals surface area contributed by atoms with Gasteiger partial charge in [0.2, 0.25) is 11.8 Å². The highest BCUT2D eigenvalue weighted by atomic mass is 35.5. The molecule has 0 unspecified atom stereocenters. The fourth-order valence-corrected chi connectivity index (χ4v) is 3.63. The molecule has 0 radical (unpaired) electrons. The van der Waals surface area contributed by atoms with Gasteiger partial charge in [0.15, 0.2) is 17.2 Å². The molecule has 0 aliphatic carbocycles. The minimum absolute atomic E-state index is 0.0156. The fourth-order valence-electron chi connectivity index (χ4n) is 3.33. The second-order valence-electron chi connectivity index (χ2n) is 7.73. The summed E-state index contributed by atoms with van der Waals surface area (Å²) in [6.07, 6.45) is 1.12. The van der Waals surface area contributed by atoms with Gasteiger partial charge in [0.05, 0.1) is 30.8 Å². The first-order valence-electron chi connectivity index (χ1n) is 10.7. The number of imidazole rings is 1. The largest absolute Gasteiger partial charge is 0.474 e. The summed E-state index contributed by atoms with van der Waals surface area (Å²) < 4.78 is 52.9. The summed E-state index contributed by atoms with van der Waals surface area (Å²) in [5, 5.41) is 11.5. The van der Waals surface area contributed by atoms with E-state index in [-0.39, 0.29) is 64.1 Å². The molecule has 0 amide bonds. The van der Waals surface area contributed by atoms with E-state index in [9.17, 15) is 18.0 Å². The van der Waals surface area contributed by atoms with Crippen LogP contribution in [0.15, 0.2) is 41.8 Å². The molecule has 16 heteroatoms. The van der Waals surface area contributed by atoms with Gasteiger partial charge in [-0.2, -0.15) is 18.2 Å². The zero-order valence-corrected chi connectivity index (χ0v) is 20.6. The Kier molecular flexibility index (Phi) is 7.41. The van der Waals surface area contributed by atoms with Crippen LogP contribution in [0, 0.1) is 0 Å². The number of nitrogens with zero attached hydrogens (tertiary/aromatic N) is 6. The Balaban J connectivity index is 1.65. The van der Waals surface area contributed by atoms with Crippen LogP contribution in [-0.4, -0.2) is 47.4 Å². The first kappa shape index (κ1) is 26.7. The summed E-state index contributed by atoms with van der Waals surface area (Å²) in [5.41, 5.74) is 4.31. The molecule has 38 heavy (non-hydrogen) atoms. The lowest BCUT2D eigenvalue weighted by atomic mass is 10.2. The molecule has 4 rings (SSSR count). The average molecular weight is 553 g/mol. The van der Waals surface area contributed by atoms with E-state index in [0.29, 0.717) is 12.3 Å².